The van der Waals surface area contributed by atoms with Gasteiger partial charge in [0.15, 0.2) is 0 Å². The predicted octanol–water partition coefficient (Wildman–Crippen LogP) is 0.921. The highest BCUT2D eigenvalue weighted by atomic mass is 16.2. The van der Waals surface area contributed by atoms with E-state index in [0.717, 1.165) is 6.42 Å². The van der Waals surface area contributed by atoms with Crippen LogP contribution in [0.25, 0.3) is 0 Å². The minimum atomic E-state index is 0.301. The van der Waals surface area contributed by atoms with E-state index in [9.17, 15) is 4.79 Å². The van der Waals surface area contributed by atoms with Crippen LogP contribution in [0.15, 0.2) is 0 Å². The van der Waals surface area contributed by atoms with Crippen LogP contribution >= 0.6 is 0 Å². The van der Waals surface area contributed by atoms with Gasteiger partial charge in [0, 0.05) is 12.0 Å². The van der Waals surface area contributed by atoms with Gasteiger partial charge in [0.2, 0.25) is 5.91 Å². The molecule has 1 N–H and O–H groups in total. The number of hydrogen-bond donors (Lipinski definition) is 1. The Labute approximate surface area is 61.0 Å². The molecule has 1 amide bonds. The first kappa shape index (κ1) is 6.20. The zero-order chi connectivity index (χ0) is 7.14. The summed E-state index contributed by atoms with van der Waals surface area (Å²) in [5, 5.41) is 2.98. The number of hydrogen-bond acceptors (Lipinski definition) is 1. The molecule has 1 aliphatic heterocycles. The molecule has 0 radical (unpaired) electrons. The summed E-state index contributed by atoms with van der Waals surface area (Å²) in [4.78, 5) is 11.2. The van der Waals surface area contributed by atoms with E-state index in [4.69, 9.17) is 0 Å². The molecule has 10 heavy (non-hydrogen) atoms. The summed E-state index contributed by atoms with van der Waals surface area (Å²) in [5.74, 6) is 1.33. The Morgan fingerprint density at radius 2 is 2.30 bits per heavy atom. The molecule has 0 aromatic carbocycles. The van der Waals surface area contributed by atoms with Gasteiger partial charge < -0.3 is 5.32 Å². The molecule has 1 saturated heterocycles. The van der Waals surface area contributed by atoms with Gasteiger partial charge in [-0.25, -0.2) is 0 Å². The first-order valence-electron chi connectivity index (χ1n) is 4.09. The van der Waals surface area contributed by atoms with Crippen molar-refractivity contribution in [3.8, 4) is 0 Å². The molecule has 2 fully saturated rings. The van der Waals surface area contributed by atoms with Gasteiger partial charge in [0.1, 0.15) is 0 Å². The van der Waals surface area contributed by atoms with Crippen LogP contribution in [-0.4, -0.2) is 11.9 Å². The van der Waals surface area contributed by atoms with Crippen molar-refractivity contribution in [2.24, 2.45) is 11.8 Å². The molecule has 3 unspecified atom stereocenters. The zero-order valence-corrected chi connectivity index (χ0v) is 6.26. The largest absolute Gasteiger partial charge is 0.353 e. The van der Waals surface area contributed by atoms with Gasteiger partial charge in [-0.15, -0.1) is 0 Å². The van der Waals surface area contributed by atoms with Gasteiger partial charge >= 0.3 is 0 Å². The average molecular weight is 139 g/mol. The van der Waals surface area contributed by atoms with Crippen molar-refractivity contribution in [1.82, 2.24) is 5.32 Å². The number of amides is 1. The molecule has 0 aromatic heterocycles. The molecule has 0 bridgehead atoms. The molecule has 2 aliphatic rings. The van der Waals surface area contributed by atoms with E-state index < -0.39 is 0 Å². The Morgan fingerprint density at radius 3 is 3.00 bits per heavy atom. The first-order chi connectivity index (χ1) is 4.79. The summed E-state index contributed by atoms with van der Waals surface area (Å²) in [6.07, 6.45) is 3.64. The minimum Gasteiger partial charge on any atom is -0.353 e. The maximum Gasteiger partial charge on any atom is 0.223 e. The molecule has 0 spiro atoms. The van der Waals surface area contributed by atoms with Crippen molar-refractivity contribution in [1.29, 1.82) is 0 Å². The maximum absolute atomic E-state index is 11.2. The van der Waals surface area contributed by atoms with Crippen LogP contribution in [-0.2, 0) is 4.79 Å². The van der Waals surface area contributed by atoms with E-state index >= 15 is 0 Å². The van der Waals surface area contributed by atoms with Gasteiger partial charge in [0.05, 0.1) is 0 Å². The quantitative estimate of drug-likeness (QED) is 0.531. The third kappa shape index (κ3) is 0.678. The summed E-state index contributed by atoms with van der Waals surface area (Å²) in [5.41, 5.74) is 0. The lowest BCUT2D eigenvalue weighted by atomic mass is 9.95. The second kappa shape index (κ2) is 1.97. The predicted molar refractivity (Wildman–Crippen MR) is 38.4 cm³/mol. The lowest BCUT2D eigenvalue weighted by Crippen LogP contribution is -2.25. The van der Waals surface area contributed by atoms with Crippen LogP contribution in [0.2, 0.25) is 0 Å². The number of carbonyl (C=O) groups is 1. The fourth-order valence-corrected chi connectivity index (χ4v) is 2.35. The van der Waals surface area contributed by atoms with Crippen molar-refractivity contribution in [2.45, 2.75) is 32.2 Å². The normalized spacial score (nSPS) is 45.3. The lowest BCUT2D eigenvalue weighted by molar-refractivity contribution is -0.122. The first-order valence-corrected chi connectivity index (χ1v) is 4.09. The molecular formula is C8H13NO. The minimum absolute atomic E-state index is 0.301. The van der Waals surface area contributed by atoms with Gasteiger partial charge in [-0.05, 0) is 25.7 Å². The van der Waals surface area contributed by atoms with E-state index in [2.05, 4.69) is 12.2 Å². The Morgan fingerprint density at radius 1 is 1.50 bits per heavy atom. The van der Waals surface area contributed by atoms with Gasteiger partial charge in [0.25, 0.3) is 0 Å². The monoisotopic (exact) mass is 139 g/mol. The standard InChI is InChI=1S/C8H13NO/c1-5-6-3-2-4-7(6)8(10)9-5/h5-7H,2-4H2,1H3,(H,9,10). The van der Waals surface area contributed by atoms with Gasteiger partial charge in [-0.1, -0.05) is 6.42 Å². The molecule has 1 heterocycles. The summed E-state index contributed by atoms with van der Waals surface area (Å²) >= 11 is 0. The zero-order valence-electron chi connectivity index (χ0n) is 6.26. The lowest BCUT2D eigenvalue weighted by Gasteiger charge is -2.09. The molecule has 3 atom stereocenters. The van der Waals surface area contributed by atoms with E-state index in [1.807, 2.05) is 0 Å². The van der Waals surface area contributed by atoms with Crippen LogP contribution in [0.4, 0.5) is 0 Å². The Bertz CT molecular complexity index is 167. The Kier molecular flexibility index (Phi) is 1.22. The van der Waals surface area contributed by atoms with Crippen molar-refractivity contribution in [3.63, 3.8) is 0 Å². The highest BCUT2D eigenvalue weighted by Gasteiger charge is 2.42. The SMILES string of the molecule is CC1NC(=O)C2CCCC12. The smallest absolute Gasteiger partial charge is 0.223 e. The van der Waals surface area contributed by atoms with Gasteiger partial charge in [-0.3, -0.25) is 4.79 Å². The third-order valence-electron chi connectivity index (χ3n) is 2.92. The molecule has 0 aromatic rings. The van der Waals surface area contributed by atoms with E-state index in [1.54, 1.807) is 0 Å². The Balaban J connectivity index is 2.19. The number of fused-ring (bicyclic) bond motifs is 1. The van der Waals surface area contributed by atoms with Crippen LogP contribution < -0.4 is 5.32 Å². The second-order valence-electron chi connectivity index (χ2n) is 3.50. The van der Waals surface area contributed by atoms with Crippen LogP contribution in [0.3, 0.4) is 0 Å². The molecule has 1 saturated carbocycles. The van der Waals surface area contributed by atoms with E-state index in [1.165, 1.54) is 12.8 Å². The van der Waals surface area contributed by atoms with Crippen LogP contribution in [0.5, 0.6) is 0 Å². The molecular weight excluding hydrogens is 126 g/mol. The van der Waals surface area contributed by atoms with E-state index in [-0.39, 0.29) is 0 Å². The fraction of sp³-hybridized carbons (Fsp3) is 0.875. The molecule has 2 heteroatoms. The Hall–Kier alpha value is -0.530. The van der Waals surface area contributed by atoms with Crippen LogP contribution in [0.1, 0.15) is 26.2 Å². The summed E-state index contributed by atoms with van der Waals surface area (Å²) in [7, 11) is 0. The fourth-order valence-electron chi connectivity index (χ4n) is 2.35. The molecule has 2 rings (SSSR count). The highest BCUT2D eigenvalue weighted by molar-refractivity contribution is 5.82. The summed E-state index contributed by atoms with van der Waals surface area (Å²) in [6.45, 7) is 2.12. The van der Waals surface area contributed by atoms with Crippen molar-refractivity contribution in [3.05, 3.63) is 0 Å². The van der Waals surface area contributed by atoms with E-state index in [0.29, 0.717) is 23.8 Å². The summed E-state index contributed by atoms with van der Waals surface area (Å²) in [6, 6.07) is 0.444. The van der Waals surface area contributed by atoms with Crippen molar-refractivity contribution < 1.29 is 4.79 Å². The highest BCUT2D eigenvalue weighted by Crippen LogP contribution is 2.37. The maximum atomic E-state index is 11.2. The number of rotatable bonds is 0. The van der Waals surface area contributed by atoms with Crippen LogP contribution in [0, 0.1) is 11.8 Å². The number of nitrogens with one attached hydrogen (secondary N) is 1. The average Bonchev–Trinajstić information content (AvgIpc) is 2.39. The molecule has 56 valence electrons. The topological polar surface area (TPSA) is 29.1 Å². The third-order valence-corrected chi connectivity index (χ3v) is 2.92. The molecule has 2 nitrogen and oxygen atoms in total. The van der Waals surface area contributed by atoms with Crippen molar-refractivity contribution >= 4 is 5.91 Å². The second-order valence-corrected chi connectivity index (χ2v) is 3.50. The molecule has 1 aliphatic carbocycles. The summed E-state index contributed by atoms with van der Waals surface area (Å²) < 4.78 is 0. The number of carbonyl (C=O) groups excluding carboxylic acids is 1. The van der Waals surface area contributed by atoms with Crippen molar-refractivity contribution in [2.75, 3.05) is 0 Å². The van der Waals surface area contributed by atoms with Gasteiger partial charge in [-0.2, -0.15) is 0 Å².